The molecular weight excluding hydrogens is 156 g/mol. The van der Waals surface area contributed by atoms with Gasteiger partial charge in [0.25, 0.3) is 0 Å². The van der Waals surface area contributed by atoms with E-state index in [1.54, 1.807) is 0 Å². The number of benzene rings is 1. The van der Waals surface area contributed by atoms with Gasteiger partial charge in [0, 0.05) is 5.25 Å². The van der Waals surface area contributed by atoms with Crippen LogP contribution in [0.1, 0.15) is 5.56 Å². The van der Waals surface area contributed by atoms with Crippen LogP contribution in [0.3, 0.4) is 0 Å². The molecule has 1 rings (SSSR count). The molecule has 1 unspecified atom stereocenters. The Bertz CT molecular complexity index is 198. The number of aliphatic hydroxyl groups is 1. The highest BCUT2D eigenvalue weighted by Gasteiger charge is 2.00. The van der Waals surface area contributed by atoms with E-state index in [0.29, 0.717) is 0 Å². The van der Waals surface area contributed by atoms with Gasteiger partial charge in [-0.15, -0.1) is 0 Å². The SMILES string of the molecule is OCC(S)Cc1ccccc1. The average molecular weight is 168 g/mol. The van der Waals surface area contributed by atoms with Gasteiger partial charge < -0.3 is 5.11 Å². The minimum atomic E-state index is 0.0670. The molecule has 1 aromatic rings. The van der Waals surface area contributed by atoms with Crippen LogP contribution in [0.4, 0.5) is 0 Å². The van der Waals surface area contributed by atoms with Crippen molar-refractivity contribution < 1.29 is 5.11 Å². The second-order valence-electron chi connectivity index (χ2n) is 2.53. The molecule has 0 aromatic heterocycles. The lowest BCUT2D eigenvalue weighted by molar-refractivity contribution is 0.295. The molecule has 1 aromatic carbocycles. The molecule has 0 aliphatic carbocycles. The van der Waals surface area contributed by atoms with Crippen LogP contribution in [-0.4, -0.2) is 17.0 Å². The van der Waals surface area contributed by atoms with Crippen LogP contribution >= 0.6 is 12.6 Å². The Morgan fingerprint density at radius 1 is 1.27 bits per heavy atom. The Morgan fingerprint density at radius 3 is 2.45 bits per heavy atom. The van der Waals surface area contributed by atoms with Crippen molar-refractivity contribution in [2.75, 3.05) is 6.61 Å². The normalized spacial score (nSPS) is 12.9. The van der Waals surface area contributed by atoms with Gasteiger partial charge in [-0.2, -0.15) is 12.6 Å². The number of hydrogen-bond acceptors (Lipinski definition) is 2. The van der Waals surface area contributed by atoms with E-state index in [9.17, 15) is 0 Å². The minimum absolute atomic E-state index is 0.0670. The quantitative estimate of drug-likeness (QED) is 0.656. The highest BCUT2D eigenvalue weighted by Crippen LogP contribution is 2.06. The standard InChI is InChI=1S/C9H12OS/c10-7-9(11)6-8-4-2-1-3-5-8/h1-5,9-11H,6-7H2. The second-order valence-corrected chi connectivity index (χ2v) is 3.26. The first-order chi connectivity index (χ1) is 5.33. The van der Waals surface area contributed by atoms with Gasteiger partial charge in [-0.1, -0.05) is 30.3 Å². The van der Waals surface area contributed by atoms with E-state index in [0.717, 1.165) is 6.42 Å². The fourth-order valence-corrected chi connectivity index (χ4v) is 1.16. The molecule has 0 fully saturated rings. The molecule has 0 radical (unpaired) electrons. The molecule has 1 nitrogen and oxygen atoms in total. The number of rotatable bonds is 3. The summed E-state index contributed by atoms with van der Waals surface area (Å²) in [5, 5.41) is 8.79. The maximum Gasteiger partial charge on any atom is 0.0550 e. The molecule has 2 heteroatoms. The zero-order valence-corrected chi connectivity index (χ0v) is 7.17. The van der Waals surface area contributed by atoms with Gasteiger partial charge in [-0.05, 0) is 12.0 Å². The lowest BCUT2D eigenvalue weighted by Gasteiger charge is -2.05. The van der Waals surface area contributed by atoms with E-state index < -0.39 is 0 Å². The molecule has 0 aliphatic rings. The third-order valence-corrected chi connectivity index (χ3v) is 1.87. The first kappa shape index (κ1) is 8.62. The van der Waals surface area contributed by atoms with Crippen molar-refractivity contribution in [3.05, 3.63) is 35.9 Å². The Morgan fingerprint density at radius 2 is 1.91 bits per heavy atom. The Labute approximate surface area is 72.5 Å². The van der Waals surface area contributed by atoms with Crippen LogP contribution in [0.2, 0.25) is 0 Å². The molecule has 0 amide bonds. The molecular formula is C9H12OS. The fourth-order valence-electron chi connectivity index (χ4n) is 0.951. The summed E-state index contributed by atoms with van der Waals surface area (Å²) >= 11 is 4.19. The van der Waals surface area contributed by atoms with Crippen molar-refractivity contribution >= 4 is 12.6 Å². The van der Waals surface area contributed by atoms with Gasteiger partial charge in [0.05, 0.1) is 6.61 Å². The summed E-state index contributed by atoms with van der Waals surface area (Å²) < 4.78 is 0. The predicted molar refractivity (Wildman–Crippen MR) is 50.0 cm³/mol. The molecule has 1 N–H and O–H groups in total. The summed E-state index contributed by atoms with van der Waals surface area (Å²) in [5.41, 5.74) is 1.22. The number of hydrogen-bond donors (Lipinski definition) is 2. The maximum atomic E-state index is 8.72. The zero-order chi connectivity index (χ0) is 8.10. The molecule has 60 valence electrons. The number of thiol groups is 1. The van der Waals surface area contributed by atoms with Crippen LogP contribution in [0.15, 0.2) is 30.3 Å². The van der Waals surface area contributed by atoms with Crippen molar-refractivity contribution in [3.63, 3.8) is 0 Å². The van der Waals surface area contributed by atoms with Gasteiger partial charge in [0.1, 0.15) is 0 Å². The monoisotopic (exact) mass is 168 g/mol. The van der Waals surface area contributed by atoms with Gasteiger partial charge >= 0.3 is 0 Å². The lowest BCUT2D eigenvalue weighted by atomic mass is 10.1. The molecule has 0 aliphatic heterocycles. The highest BCUT2D eigenvalue weighted by atomic mass is 32.1. The van der Waals surface area contributed by atoms with Gasteiger partial charge in [0.15, 0.2) is 0 Å². The molecule has 0 saturated heterocycles. The van der Waals surface area contributed by atoms with E-state index in [-0.39, 0.29) is 11.9 Å². The summed E-state index contributed by atoms with van der Waals surface area (Å²) in [6.45, 7) is 0.137. The van der Waals surface area contributed by atoms with Gasteiger partial charge in [-0.3, -0.25) is 0 Å². The first-order valence-electron chi connectivity index (χ1n) is 3.66. The van der Waals surface area contributed by atoms with Crippen molar-refractivity contribution in [3.8, 4) is 0 Å². The molecule has 0 saturated carbocycles. The van der Waals surface area contributed by atoms with Crippen molar-refractivity contribution in [2.24, 2.45) is 0 Å². The topological polar surface area (TPSA) is 20.2 Å². The van der Waals surface area contributed by atoms with E-state index in [2.05, 4.69) is 12.6 Å². The summed E-state index contributed by atoms with van der Waals surface area (Å²) in [6.07, 6.45) is 0.834. The third kappa shape index (κ3) is 2.95. The summed E-state index contributed by atoms with van der Waals surface area (Å²) in [5.74, 6) is 0. The average Bonchev–Trinajstić information content (AvgIpc) is 2.06. The Balaban J connectivity index is 2.51. The Kier molecular flexibility index (Phi) is 3.46. The largest absolute Gasteiger partial charge is 0.395 e. The first-order valence-corrected chi connectivity index (χ1v) is 4.17. The van der Waals surface area contributed by atoms with E-state index in [1.165, 1.54) is 5.56 Å². The maximum absolute atomic E-state index is 8.72. The molecule has 0 spiro atoms. The van der Waals surface area contributed by atoms with Crippen molar-refractivity contribution in [1.29, 1.82) is 0 Å². The molecule has 11 heavy (non-hydrogen) atoms. The smallest absolute Gasteiger partial charge is 0.0550 e. The minimum Gasteiger partial charge on any atom is -0.395 e. The van der Waals surface area contributed by atoms with Crippen LogP contribution in [0.25, 0.3) is 0 Å². The highest BCUT2D eigenvalue weighted by molar-refractivity contribution is 7.81. The lowest BCUT2D eigenvalue weighted by Crippen LogP contribution is -2.07. The van der Waals surface area contributed by atoms with E-state index in [4.69, 9.17) is 5.11 Å². The summed E-state index contributed by atoms with van der Waals surface area (Å²) in [6, 6.07) is 10.0. The van der Waals surface area contributed by atoms with Gasteiger partial charge in [0.2, 0.25) is 0 Å². The summed E-state index contributed by atoms with van der Waals surface area (Å²) in [7, 11) is 0. The van der Waals surface area contributed by atoms with Crippen LogP contribution in [-0.2, 0) is 6.42 Å². The molecule has 0 bridgehead atoms. The van der Waals surface area contributed by atoms with Gasteiger partial charge in [-0.25, -0.2) is 0 Å². The van der Waals surface area contributed by atoms with Crippen LogP contribution < -0.4 is 0 Å². The Hall–Kier alpha value is -0.470. The van der Waals surface area contributed by atoms with Crippen molar-refractivity contribution in [1.82, 2.24) is 0 Å². The van der Waals surface area contributed by atoms with E-state index in [1.807, 2.05) is 30.3 Å². The molecule has 0 heterocycles. The summed E-state index contributed by atoms with van der Waals surface area (Å²) in [4.78, 5) is 0. The van der Waals surface area contributed by atoms with Crippen molar-refractivity contribution in [2.45, 2.75) is 11.7 Å². The fraction of sp³-hybridized carbons (Fsp3) is 0.333. The van der Waals surface area contributed by atoms with Crippen LogP contribution in [0, 0.1) is 0 Å². The predicted octanol–water partition coefficient (Wildman–Crippen LogP) is 1.52. The zero-order valence-electron chi connectivity index (χ0n) is 6.27. The number of aliphatic hydroxyl groups excluding tert-OH is 1. The molecule has 1 atom stereocenters. The third-order valence-electron chi connectivity index (χ3n) is 1.52. The van der Waals surface area contributed by atoms with E-state index >= 15 is 0 Å². The second kappa shape index (κ2) is 4.42. The van der Waals surface area contributed by atoms with Crippen LogP contribution in [0.5, 0.6) is 0 Å².